The number of aliphatic hydroxyl groups excluding tert-OH is 1. The van der Waals surface area contributed by atoms with Gasteiger partial charge in [-0.25, -0.2) is 21.6 Å². The molecule has 1 atom stereocenters. The molecule has 1 amide bonds. The number of carbonyl (C=O) groups excluding carboxylic acids is 1. The van der Waals surface area contributed by atoms with Gasteiger partial charge in [-0.3, -0.25) is 4.79 Å². The quantitative estimate of drug-likeness (QED) is 0.633. The number of likely N-dealkylation sites (N-methyl/N-ethyl adjacent to an activating group) is 1. The van der Waals surface area contributed by atoms with Crippen LogP contribution in [0.25, 0.3) is 0 Å². The molecule has 0 heterocycles. The minimum Gasteiger partial charge on any atom is -0.395 e. The number of anilines is 1. The predicted octanol–water partition coefficient (Wildman–Crippen LogP) is 3.40. The average Bonchev–Trinajstić information content (AvgIpc) is 2.66. The monoisotopic (exact) mass is 450 g/mol. The zero-order valence-electron chi connectivity index (χ0n) is 15.4. The molecule has 2 aromatic carbocycles. The minimum absolute atomic E-state index is 0.0718. The molecule has 0 radical (unpaired) electrons. The molecule has 0 aromatic heterocycles. The zero-order chi connectivity index (χ0) is 21.9. The topological polar surface area (TPSA) is 86.7 Å². The highest BCUT2D eigenvalue weighted by Gasteiger charge is 2.28. The van der Waals surface area contributed by atoms with Gasteiger partial charge in [0.2, 0.25) is 10.0 Å². The number of rotatable bonds is 7. The fourth-order valence-electron chi connectivity index (χ4n) is 2.61. The van der Waals surface area contributed by atoms with E-state index in [-0.39, 0.29) is 27.7 Å². The fourth-order valence-corrected chi connectivity index (χ4v) is 4.47. The van der Waals surface area contributed by atoms with Crippen molar-refractivity contribution in [3.63, 3.8) is 0 Å². The van der Waals surface area contributed by atoms with Crippen LogP contribution in [-0.2, 0) is 10.0 Å². The first-order chi connectivity index (χ1) is 13.5. The number of sulfonamides is 1. The first kappa shape index (κ1) is 23.1. The molecule has 0 saturated carbocycles. The van der Waals surface area contributed by atoms with E-state index in [0.717, 1.165) is 10.4 Å². The Labute approximate surface area is 171 Å². The van der Waals surface area contributed by atoms with E-state index in [9.17, 15) is 31.5 Å². The van der Waals surface area contributed by atoms with Gasteiger partial charge in [-0.1, -0.05) is 18.5 Å². The van der Waals surface area contributed by atoms with E-state index in [2.05, 4.69) is 5.32 Å². The van der Waals surface area contributed by atoms with Gasteiger partial charge in [0.1, 0.15) is 0 Å². The van der Waals surface area contributed by atoms with Crippen molar-refractivity contribution in [3.05, 3.63) is 58.4 Å². The molecule has 2 N–H and O–H groups in total. The lowest BCUT2D eigenvalue weighted by Crippen LogP contribution is -2.40. The van der Waals surface area contributed by atoms with E-state index in [1.54, 1.807) is 6.92 Å². The van der Waals surface area contributed by atoms with Crippen molar-refractivity contribution < 1.29 is 31.5 Å². The van der Waals surface area contributed by atoms with Crippen LogP contribution >= 0.6 is 11.6 Å². The molecule has 0 fully saturated rings. The van der Waals surface area contributed by atoms with Gasteiger partial charge in [0, 0.05) is 30.4 Å². The number of amides is 1. The summed E-state index contributed by atoms with van der Waals surface area (Å²) in [5, 5.41) is 11.3. The largest absolute Gasteiger partial charge is 0.395 e. The van der Waals surface area contributed by atoms with Gasteiger partial charge in [0.25, 0.3) is 5.91 Å². The molecule has 0 aliphatic rings. The Kier molecular flexibility index (Phi) is 7.28. The molecule has 29 heavy (non-hydrogen) atoms. The lowest BCUT2D eigenvalue weighted by Gasteiger charge is -2.26. The average molecular weight is 451 g/mol. The minimum atomic E-state index is -4.06. The third kappa shape index (κ3) is 4.89. The maximum atomic E-state index is 13.3. The summed E-state index contributed by atoms with van der Waals surface area (Å²) in [7, 11) is -4.06. The molecular formula is C18H18ClF3N2O4S. The Morgan fingerprint density at radius 2 is 1.79 bits per heavy atom. The number of nitrogens with zero attached hydrogens (tertiary/aromatic N) is 1. The highest BCUT2D eigenvalue weighted by Crippen LogP contribution is 2.25. The second-order valence-corrected chi connectivity index (χ2v) is 8.39. The number of hydrogen-bond donors (Lipinski definition) is 2. The third-order valence-electron chi connectivity index (χ3n) is 4.10. The summed E-state index contributed by atoms with van der Waals surface area (Å²) in [5.41, 5.74) is -0.648. The molecule has 2 rings (SSSR count). The molecule has 0 aliphatic heterocycles. The van der Waals surface area contributed by atoms with Crippen LogP contribution < -0.4 is 5.32 Å². The molecule has 11 heteroatoms. The van der Waals surface area contributed by atoms with Crippen molar-refractivity contribution >= 4 is 33.2 Å². The van der Waals surface area contributed by atoms with Crippen LogP contribution in [0.1, 0.15) is 24.2 Å². The van der Waals surface area contributed by atoms with Crippen molar-refractivity contribution in [2.75, 3.05) is 18.5 Å². The number of aliphatic hydroxyl groups is 1. The van der Waals surface area contributed by atoms with Gasteiger partial charge in [0.15, 0.2) is 17.5 Å². The Bertz CT molecular complexity index is 1010. The standard InChI is InChI=1S/C18H18ClF3N2O4S/c1-3-24(10(2)9-25)29(27,28)12-4-5-14(19)13(8-12)18(26)23-11-6-15(20)17(22)16(21)7-11/h4-8,10,25H,3,9H2,1-2H3,(H,23,26). The van der Waals surface area contributed by atoms with Crippen LogP contribution in [0.15, 0.2) is 35.2 Å². The second-order valence-electron chi connectivity index (χ2n) is 6.09. The number of hydrogen-bond acceptors (Lipinski definition) is 4. The number of nitrogens with one attached hydrogen (secondary N) is 1. The van der Waals surface area contributed by atoms with Gasteiger partial charge in [-0.2, -0.15) is 4.31 Å². The summed E-state index contributed by atoms with van der Waals surface area (Å²) >= 11 is 5.98. The SMILES string of the molecule is CCN(C(C)CO)S(=O)(=O)c1ccc(Cl)c(C(=O)Nc2cc(F)c(F)c(F)c2)c1. The molecule has 0 spiro atoms. The van der Waals surface area contributed by atoms with Crippen molar-refractivity contribution in [2.24, 2.45) is 0 Å². The molecule has 2 aromatic rings. The van der Waals surface area contributed by atoms with Gasteiger partial charge in [-0.15, -0.1) is 0 Å². The molecular weight excluding hydrogens is 433 g/mol. The summed E-state index contributed by atoms with van der Waals surface area (Å²) in [6, 6.07) is 3.84. The van der Waals surface area contributed by atoms with Gasteiger partial charge < -0.3 is 10.4 Å². The van der Waals surface area contributed by atoms with E-state index < -0.39 is 46.0 Å². The second kappa shape index (κ2) is 9.12. The van der Waals surface area contributed by atoms with Crippen LogP contribution in [0.4, 0.5) is 18.9 Å². The van der Waals surface area contributed by atoms with E-state index >= 15 is 0 Å². The maximum absolute atomic E-state index is 13.3. The first-order valence-electron chi connectivity index (χ1n) is 8.41. The zero-order valence-corrected chi connectivity index (χ0v) is 17.0. The van der Waals surface area contributed by atoms with Crippen LogP contribution in [0.3, 0.4) is 0 Å². The number of benzene rings is 2. The van der Waals surface area contributed by atoms with Crippen molar-refractivity contribution in [1.29, 1.82) is 0 Å². The van der Waals surface area contributed by atoms with Crippen molar-refractivity contribution in [2.45, 2.75) is 24.8 Å². The smallest absolute Gasteiger partial charge is 0.257 e. The van der Waals surface area contributed by atoms with Gasteiger partial charge >= 0.3 is 0 Å². The van der Waals surface area contributed by atoms with E-state index in [4.69, 9.17) is 11.6 Å². The molecule has 0 saturated heterocycles. The number of carbonyl (C=O) groups is 1. The predicted molar refractivity (Wildman–Crippen MR) is 102 cm³/mol. The highest BCUT2D eigenvalue weighted by atomic mass is 35.5. The highest BCUT2D eigenvalue weighted by molar-refractivity contribution is 7.89. The fraction of sp³-hybridized carbons (Fsp3) is 0.278. The lowest BCUT2D eigenvalue weighted by atomic mass is 10.2. The summed E-state index contributed by atoms with van der Waals surface area (Å²) < 4.78 is 66.4. The van der Waals surface area contributed by atoms with Gasteiger partial charge in [-0.05, 0) is 25.1 Å². The molecule has 0 bridgehead atoms. The van der Waals surface area contributed by atoms with Crippen LogP contribution in [0.5, 0.6) is 0 Å². The van der Waals surface area contributed by atoms with Gasteiger partial charge in [0.05, 0.1) is 22.1 Å². The summed E-state index contributed by atoms with van der Waals surface area (Å²) in [4.78, 5) is 12.2. The molecule has 1 unspecified atom stereocenters. The van der Waals surface area contributed by atoms with E-state index in [1.807, 2.05) is 0 Å². The molecule has 0 aliphatic carbocycles. The molecule has 6 nitrogen and oxygen atoms in total. The third-order valence-corrected chi connectivity index (χ3v) is 6.51. The van der Waals surface area contributed by atoms with Crippen molar-refractivity contribution in [1.82, 2.24) is 4.31 Å². The normalized spacial score (nSPS) is 12.8. The van der Waals surface area contributed by atoms with Crippen molar-refractivity contribution in [3.8, 4) is 0 Å². The van der Waals surface area contributed by atoms with Crippen LogP contribution in [0.2, 0.25) is 5.02 Å². The Morgan fingerprint density at radius 3 is 2.31 bits per heavy atom. The first-order valence-corrected chi connectivity index (χ1v) is 10.2. The molecule has 158 valence electrons. The van der Waals surface area contributed by atoms with E-state index in [0.29, 0.717) is 12.1 Å². The summed E-state index contributed by atoms with van der Waals surface area (Å²) in [6.45, 7) is 2.77. The van der Waals surface area contributed by atoms with Crippen LogP contribution in [0, 0.1) is 17.5 Å². The maximum Gasteiger partial charge on any atom is 0.257 e. The Morgan fingerprint density at radius 1 is 1.21 bits per heavy atom. The summed E-state index contributed by atoms with van der Waals surface area (Å²) in [6.07, 6.45) is 0. The number of halogens is 4. The Hall–Kier alpha value is -2.14. The van der Waals surface area contributed by atoms with Crippen LogP contribution in [-0.4, -0.2) is 42.9 Å². The lowest BCUT2D eigenvalue weighted by molar-refractivity contribution is 0.102. The summed E-state index contributed by atoms with van der Waals surface area (Å²) in [5.74, 6) is -5.64. The Balaban J connectivity index is 2.41. The van der Waals surface area contributed by atoms with E-state index in [1.165, 1.54) is 19.1 Å².